The summed E-state index contributed by atoms with van der Waals surface area (Å²) in [4.78, 5) is 27.1. The maximum Gasteiger partial charge on any atom is 0.254 e. The fourth-order valence-electron chi connectivity index (χ4n) is 2.22. The highest BCUT2D eigenvalue weighted by Crippen LogP contribution is 2.29. The fraction of sp³-hybridized carbons (Fsp3) is 0.429. The van der Waals surface area contributed by atoms with Crippen molar-refractivity contribution >= 4 is 45.0 Å². The van der Waals surface area contributed by atoms with Crippen molar-refractivity contribution in [2.45, 2.75) is 6.42 Å². The van der Waals surface area contributed by atoms with Gasteiger partial charge in [0, 0.05) is 38.1 Å². The summed E-state index contributed by atoms with van der Waals surface area (Å²) in [5.41, 5.74) is 1.20. The Morgan fingerprint density at radius 3 is 2.70 bits per heavy atom. The van der Waals surface area contributed by atoms with Gasteiger partial charge >= 0.3 is 0 Å². The molecule has 0 spiro atoms. The third-order valence-corrected chi connectivity index (χ3v) is 4.55. The number of amides is 2. The first-order valence-electron chi connectivity index (χ1n) is 6.31. The lowest BCUT2D eigenvalue weighted by Crippen LogP contribution is -2.25. The van der Waals surface area contributed by atoms with Crippen LogP contribution in [0.2, 0.25) is 5.02 Å². The quantitative estimate of drug-likeness (QED) is 0.779. The molecule has 1 aromatic rings. The molecule has 1 aliphatic rings. The Labute approximate surface area is 131 Å². The summed E-state index contributed by atoms with van der Waals surface area (Å²) in [5.74, 6) is 0.272. The van der Waals surface area contributed by atoms with Gasteiger partial charge in [0.1, 0.15) is 0 Å². The SMILES string of the molecule is CN(C)C(=O)c1ccc(N2CC(CBr)CC2=O)cc1Cl. The van der Waals surface area contributed by atoms with Crippen LogP contribution in [-0.2, 0) is 4.79 Å². The van der Waals surface area contributed by atoms with Gasteiger partial charge in [-0.3, -0.25) is 9.59 Å². The molecule has 0 radical (unpaired) electrons. The monoisotopic (exact) mass is 358 g/mol. The number of anilines is 1. The van der Waals surface area contributed by atoms with Crippen molar-refractivity contribution < 1.29 is 9.59 Å². The Bertz CT molecular complexity index is 548. The van der Waals surface area contributed by atoms with Gasteiger partial charge in [-0.15, -0.1) is 0 Å². The lowest BCUT2D eigenvalue weighted by Gasteiger charge is -2.18. The molecular weight excluding hydrogens is 344 g/mol. The average Bonchev–Trinajstić information content (AvgIpc) is 2.79. The van der Waals surface area contributed by atoms with Crippen LogP contribution in [0.5, 0.6) is 0 Å². The van der Waals surface area contributed by atoms with E-state index in [1.54, 1.807) is 37.2 Å². The van der Waals surface area contributed by atoms with Crippen LogP contribution in [-0.4, -0.2) is 42.7 Å². The number of hydrogen-bond donors (Lipinski definition) is 0. The molecule has 0 saturated carbocycles. The minimum Gasteiger partial charge on any atom is -0.345 e. The maximum atomic E-state index is 12.0. The first kappa shape index (κ1) is 15.3. The number of benzene rings is 1. The number of carbonyl (C=O) groups excluding carboxylic acids is 2. The fourth-order valence-corrected chi connectivity index (χ4v) is 2.91. The molecule has 1 fully saturated rings. The van der Waals surface area contributed by atoms with E-state index in [0.717, 1.165) is 11.0 Å². The zero-order valence-electron chi connectivity index (χ0n) is 11.4. The number of rotatable bonds is 3. The van der Waals surface area contributed by atoms with Crippen LogP contribution in [0, 0.1) is 5.92 Å². The summed E-state index contributed by atoms with van der Waals surface area (Å²) in [6.45, 7) is 0.682. The first-order chi connectivity index (χ1) is 9.43. The maximum absolute atomic E-state index is 12.0. The molecule has 4 nitrogen and oxygen atoms in total. The minimum atomic E-state index is -0.146. The number of hydrogen-bond acceptors (Lipinski definition) is 2. The van der Waals surface area contributed by atoms with Crippen molar-refractivity contribution in [1.82, 2.24) is 4.90 Å². The zero-order chi connectivity index (χ0) is 14.9. The summed E-state index contributed by atoms with van der Waals surface area (Å²) >= 11 is 9.58. The summed E-state index contributed by atoms with van der Waals surface area (Å²) in [6.07, 6.45) is 0.543. The van der Waals surface area contributed by atoms with E-state index >= 15 is 0 Å². The Morgan fingerprint density at radius 2 is 2.20 bits per heavy atom. The van der Waals surface area contributed by atoms with Crippen LogP contribution in [0.1, 0.15) is 16.8 Å². The smallest absolute Gasteiger partial charge is 0.254 e. The molecule has 2 amide bonds. The predicted octanol–water partition coefficient (Wildman–Crippen LogP) is 2.79. The molecular formula is C14H16BrClN2O2. The molecule has 1 aromatic carbocycles. The largest absolute Gasteiger partial charge is 0.345 e. The van der Waals surface area contributed by atoms with Crippen molar-refractivity contribution in [3.05, 3.63) is 28.8 Å². The summed E-state index contributed by atoms with van der Waals surface area (Å²) in [5, 5.41) is 1.18. The van der Waals surface area contributed by atoms with Crippen LogP contribution in [0.15, 0.2) is 18.2 Å². The van der Waals surface area contributed by atoms with Crippen LogP contribution < -0.4 is 4.90 Å². The van der Waals surface area contributed by atoms with E-state index in [9.17, 15) is 9.59 Å². The van der Waals surface area contributed by atoms with E-state index in [4.69, 9.17) is 11.6 Å². The van der Waals surface area contributed by atoms with Crippen LogP contribution in [0.25, 0.3) is 0 Å². The van der Waals surface area contributed by atoms with Gasteiger partial charge in [-0.25, -0.2) is 0 Å². The molecule has 6 heteroatoms. The Hall–Kier alpha value is -1.07. The van der Waals surface area contributed by atoms with Gasteiger partial charge < -0.3 is 9.80 Å². The van der Waals surface area contributed by atoms with Crippen molar-refractivity contribution in [2.75, 3.05) is 30.9 Å². The third-order valence-electron chi connectivity index (χ3n) is 3.32. The van der Waals surface area contributed by atoms with Gasteiger partial charge in [-0.2, -0.15) is 0 Å². The van der Waals surface area contributed by atoms with Gasteiger partial charge in [-0.05, 0) is 24.1 Å². The first-order valence-corrected chi connectivity index (χ1v) is 7.81. The number of alkyl halides is 1. The number of nitrogens with zero attached hydrogens (tertiary/aromatic N) is 2. The second-order valence-corrected chi connectivity index (χ2v) is 6.15. The molecule has 1 aliphatic heterocycles. The molecule has 0 bridgehead atoms. The Morgan fingerprint density at radius 1 is 1.50 bits per heavy atom. The molecule has 1 unspecified atom stereocenters. The van der Waals surface area contributed by atoms with E-state index in [1.807, 2.05) is 0 Å². The molecule has 1 heterocycles. The van der Waals surface area contributed by atoms with Gasteiger partial charge in [0.05, 0.1) is 10.6 Å². The molecule has 0 N–H and O–H groups in total. The standard InChI is InChI=1S/C14H16BrClN2O2/c1-17(2)14(20)11-4-3-10(6-12(11)16)18-8-9(7-15)5-13(18)19/h3-4,6,9H,5,7-8H2,1-2H3. The van der Waals surface area contributed by atoms with Crippen molar-refractivity contribution in [1.29, 1.82) is 0 Å². The van der Waals surface area contributed by atoms with Crippen molar-refractivity contribution in [2.24, 2.45) is 5.92 Å². The summed E-state index contributed by atoms with van der Waals surface area (Å²) in [7, 11) is 3.36. The van der Waals surface area contributed by atoms with Gasteiger partial charge in [0.2, 0.25) is 5.91 Å². The van der Waals surface area contributed by atoms with Gasteiger partial charge in [0.25, 0.3) is 5.91 Å². The summed E-state index contributed by atoms with van der Waals surface area (Å²) < 4.78 is 0. The van der Waals surface area contributed by atoms with E-state index in [-0.39, 0.29) is 11.8 Å². The Kier molecular flexibility index (Phi) is 4.70. The molecule has 20 heavy (non-hydrogen) atoms. The highest BCUT2D eigenvalue weighted by atomic mass is 79.9. The molecule has 2 rings (SSSR count). The molecule has 0 aliphatic carbocycles. The second kappa shape index (κ2) is 6.14. The van der Waals surface area contributed by atoms with Crippen LogP contribution in [0.3, 0.4) is 0 Å². The molecule has 0 aromatic heterocycles. The van der Waals surface area contributed by atoms with E-state index in [2.05, 4.69) is 15.9 Å². The third kappa shape index (κ3) is 2.99. The minimum absolute atomic E-state index is 0.0946. The van der Waals surface area contributed by atoms with Gasteiger partial charge in [-0.1, -0.05) is 27.5 Å². The highest BCUT2D eigenvalue weighted by Gasteiger charge is 2.30. The number of carbonyl (C=O) groups is 2. The van der Waals surface area contributed by atoms with E-state index in [1.165, 1.54) is 4.90 Å². The second-order valence-electron chi connectivity index (χ2n) is 5.09. The van der Waals surface area contributed by atoms with Gasteiger partial charge in [0.15, 0.2) is 0 Å². The van der Waals surface area contributed by atoms with Crippen LogP contribution >= 0.6 is 27.5 Å². The van der Waals surface area contributed by atoms with Crippen molar-refractivity contribution in [3.8, 4) is 0 Å². The van der Waals surface area contributed by atoms with Crippen LogP contribution in [0.4, 0.5) is 5.69 Å². The summed E-state index contributed by atoms with van der Waals surface area (Å²) in [6, 6.07) is 5.14. The highest BCUT2D eigenvalue weighted by molar-refractivity contribution is 9.09. The molecule has 108 valence electrons. The molecule has 1 atom stereocenters. The lowest BCUT2D eigenvalue weighted by molar-refractivity contribution is -0.117. The number of halogens is 2. The lowest BCUT2D eigenvalue weighted by atomic mass is 10.1. The average molecular weight is 360 g/mol. The Balaban J connectivity index is 2.26. The van der Waals surface area contributed by atoms with E-state index < -0.39 is 0 Å². The molecule has 1 saturated heterocycles. The normalized spacial score (nSPS) is 18.5. The predicted molar refractivity (Wildman–Crippen MR) is 83.7 cm³/mol. The zero-order valence-corrected chi connectivity index (χ0v) is 13.7. The van der Waals surface area contributed by atoms with Crippen molar-refractivity contribution in [3.63, 3.8) is 0 Å². The van der Waals surface area contributed by atoms with E-state index in [0.29, 0.717) is 29.5 Å². The topological polar surface area (TPSA) is 40.6 Å².